The van der Waals surface area contributed by atoms with Gasteiger partial charge < -0.3 is 14.4 Å². The second-order valence-corrected chi connectivity index (χ2v) is 8.75. The van der Waals surface area contributed by atoms with Gasteiger partial charge in [-0.15, -0.1) is 0 Å². The number of ether oxygens (including phenoxy) is 2. The van der Waals surface area contributed by atoms with Crippen LogP contribution in [-0.4, -0.2) is 34.7 Å². The van der Waals surface area contributed by atoms with Gasteiger partial charge in [-0.3, -0.25) is 4.98 Å². The lowest BCUT2D eigenvalue weighted by Gasteiger charge is -2.39. The first-order valence-corrected chi connectivity index (χ1v) is 10.6. The van der Waals surface area contributed by atoms with E-state index in [1.54, 1.807) is 4.90 Å². The number of hydrogen-bond acceptors (Lipinski definition) is 5. The Balaban J connectivity index is 0.00000145. The average Bonchev–Trinajstić information content (AvgIpc) is 2.96. The number of rotatable bonds is 1. The number of amides is 1. The molecule has 0 saturated carbocycles. The molecular formula is C23H35N3O3. The summed E-state index contributed by atoms with van der Waals surface area (Å²) in [6, 6.07) is 4.44. The van der Waals surface area contributed by atoms with Gasteiger partial charge in [0.1, 0.15) is 17.3 Å². The molecule has 1 amide bonds. The third-order valence-corrected chi connectivity index (χ3v) is 5.47. The minimum absolute atomic E-state index is 0.254. The van der Waals surface area contributed by atoms with Crippen molar-refractivity contribution < 1.29 is 14.3 Å². The van der Waals surface area contributed by atoms with Crippen molar-refractivity contribution in [3.05, 3.63) is 28.6 Å². The smallest absolute Gasteiger partial charge is 0.410 e. The average molecular weight is 402 g/mol. The number of nitriles is 1. The van der Waals surface area contributed by atoms with E-state index < -0.39 is 11.2 Å². The number of carbonyl (C=O) groups is 1. The van der Waals surface area contributed by atoms with Gasteiger partial charge in [-0.2, -0.15) is 5.26 Å². The highest BCUT2D eigenvalue weighted by molar-refractivity contribution is 5.68. The van der Waals surface area contributed by atoms with Crippen molar-refractivity contribution in [1.82, 2.24) is 9.88 Å². The minimum atomic E-state index is -0.526. The van der Waals surface area contributed by atoms with E-state index >= 15 is 0 Å². The van der Waals surface area contributed by atoms with E-state index in [4.69, 9.17) is 14.5 Å². The van der Waals surface area contributed by atoms with Crippen LogP contribution in [0.15, 0.2) is 6.07 Å². The highest BCUT2D eigenvalue weighted by Crippen LogP contribution is 2.51. The van der Waals surface area contributed by atoms with Crippen molar-refractivity contribution in [3.63, 3.8) is 0 Å². The van der Waals surface area contributed by atoms with Crippen LogP contribution in [0.3, 0.4) is 0 Å². The summed E-state index contributed by atoms with van der Waals surface area (Å²) in [6.45, 7) is 16.6. The largest absolute Gasteiger partial charge is 0.444 e. The van der Waals surface area contributed by atoms with E-state index in [-0.39, 0.29) is 18.1 Å². The zero-order chi connectivity index (χ0) is 22.0. The molecule has 3 rings (SSSR count). The maximum Gasteiger partial charge on any atom is 0.410 e. The van der Waals surface area contributed by atoms with Crippen molar-refractivity contribution in [1.29, 1.82) is 5.26 Å². The van der Waals surface area contributed by atoms with E-state index in [0.29, 0.717) is 25.9 Å². The molecule has 6 heteroatoms. The third-order valence-electron chi connectivity index (χ3n) is 5.47. The first-order valence-electron chi connectivity index (χ1n) is 10.6. The molecular weight excluding hydrogens is 366 g/mol. The second kappa shape index (κ2) is 8.71. The summed E-state index contributed by atoms with van der Waals surface area (Å²) in [5.74, 6) is -0.254. The number of fused-ring (bicyclic) bond motifs is 2. The fourth-order valence-corrected chi connectivity index (χ4v) is 3.84. The van der Waals surface area contributed by atoms with E-state index in [2.05, 4.69) is 12.1 Å². The summed E-state index contributed by atoms with van der Waals surface area (Å²) in [4.78, 5) is 19.0. The molecule has 29 heavy (non-hydrogen) atoms. The fourth-order valence-electron chi connectivity index (χ4n) is 3.84. The Morgan fingerprint density at radius 1 is 1.34 bits per heavy atom. The molecule has 1 spiro atoms. The topological polar surface area (TPSA) is 75.5 Å². The van der Waals surface area contributed by atoms with Crippen LogP contribution in [0.4, 0.5) is 4.79 Å². The molecule has 2 aliphatic heterocycles. The highest BCUT2D eigenvalue weighted by atomic mass is 16.6. The molecule has 0 radical (unpaired) electrons. The van der Waals surface area contributed by atoms with Crippen LogP contribution in [0, 0.1) is 31.1 Å². The van der Waals surface area contributed by atoms with Crippen LogP contribution in [-0.2, 0) is 15.1 Å². The van der Waals surface area contributed by atoms with Crippen LogP contribution in [0.2, 0.25) is 0 Å². The summed E-state index contributed by atoms with van der Waals surface area (Å²) >= 11 is 0. The van der Waals surface area contributed by atoms with Gasteiger partial charge in [0.25, 0.3) is 0 Å². The molecule has 1 aromatic heterocycles. The van der Waals surface area contributed by atoms with Crippen LogP contribution in [0.1, 0.15) is 83.0 Å². The number of piperidine rings is 1. The number of pyridine rings is 1. The van der Waals surface area contributed by atoms with Crippen LogP contribution >= 0.6 is 0 Å². The van der Waals surface area contributed by atoms with Gasteiger partial charge in [0, 0.05) is 24.3 Å². The predicted octanol–water partition coefficient (Wildman–Crippen LogP) is 5.18. The maximum atomic E-state index is 12.4. The van der Waals surface area contributed by atoms with Gasteiger partial charge in [-0.1, -0.05) is 13.8 Å². The summed E-state index contributed by atoms with van der Waals surface area (Å²) in [5.41, 5.74) is 3.03. The third kappa shape index (κ3) is 4.72. The zero-order valence-corrected chi connectivity index (χ0v) is 19.1. The first-order chi connectivity index (χ1) is 13.6. The molecule has 1 aromatic rings. The molecule has 0 aliphatic carbocycles. The lowest BCUT2D eigenvalue weighted by atomic mass is 9.86. The second-order valence-electron chi connectivity index (χ2n) is 8.75. The monoisotopic (exact) mass is 401 g/mol. The molecule has 0 bridgehead atoms. The normalized spacial score (nSPS) is 20.9. The zero-order valence-electron chi connectivity index (χ0n) is 19.1. The number of hydrogen-bond donors (Lipinski definition) is 0. The van der Waals surface area contributed by atoms with Crippen LogP contribution < -0.4 is 0 Å². The van der Waals surface area contributed by atoms with E-state index in [9.17, 15) is 10.1 Å². The van der Waals surface area contributed by atoms with Crippen molar-refractivity contribution in [2.45, 2.75) is 85.5 Å². The van der Waals surface area contributed by atoms with Crippen molar-refractivity contribution >= 4 is 6.09 Å². The van der Waals surface area contributed by atoms with E-state index in [1.165, 1.54) is 0 Å². The van der Waals surface area contributed by atoms with E-state index in [1.807, 2.05) is 55.4 Å². The number of aryl methyl sites for hydroxylation is 2. The molecule has 160 valence electrons. The quantitative estimate of drug-likeness (QED) is 0.648. The maximum absolute atomic E-state index is 12.4. The Hall–Kier alpha value is -2.13. The van der Waals surface area contributed by atoms with Gasteiger partial charge in [-0.25, -0.2) is 4.79 Å². The summed E-state index contributed by atoms with van der Waals surface area (Å²) in [7, 11) is 0. The first kappa shape index (κ1) is 23.2. The standard InChI is InChI=1S/C21H29N3O3.C2H6/c1-13-11-16-17(14(2)12-22)26-21(18(16)23-15(13)3)7-9-24(10-8-21)19(25)27-20(4,5)6;1-2/h11,14,17H,7-10H2,1-6H3;1-2H3. The van der Waals surface area contributed by atoms with Gasteiger partial charge in [-0.05, 0) is 66.0 Å². The molecule has 1 fully saturated rings. The van der Waals surface area contributed by atoms with E-state index in [0.717, 1.165) is 22.5 Å². The van der Waals surface area contributed by atoms with Gasteiger partial charge in [0.05, 0.1) is 17.7 Å². The Bertz CT molecular complexity index is 784. The van der Waals surface area contributed by atoms with Crippen LogP contribution in [0.25, 0.3) is 0 Å². The molecule has 2 unspecified atom stereocenters. The summed E-state index contributed by atoms with van der Waals surface area (Å²) in [6.07, 6.45) is 0.753. The fraction of sp³-hybridized carbons (Fsp3) is 0.696. The number of carbonyl (C=O) groups excluding carboxylic acids is 1. The molecule has 6 nitrogen and oxygen atoms in total. The summed E-state index contributed by atoms with van der Waals surface area (Å²) in [5, 5.41) is 9.43. The summed E-state index contributed by atoms with van der Waals surface area (Å²) < 4.78 is 12.0. The highest BCUT2D eigenvalue weighted by Gasteiger charge is 2.50. The lowest BCUT2D eigenvalue weighted by molar-refractivity contribution is -0.119. The number of aromatic nitrogens is 1. The molecule has 0 aromatic carbocycles. The molecule has 2 aliphatic rings. The van der Waals surface area contributed by atoms with Crippen molar-refractivity contribution in [2.24, 2.45) is 5.92 Å². The number of likely N-dealkylation sites (tertiary alicyclic amines) is 1. The SMILES string of the molecule is CC.Cc1cc2c(nc1C)C1(CCN(C(=O)OC(C)(C)C)CC1)OC2C(C)C#N. The van der Waals surface area contributed by atoms with Crippen LogP contribution in [0.5, 0.6) is 0 Å². The lowest BCUT2D eigenvalue weighted by Crippen LogP contribution is -2.47. The Morgan fingerprint density at radius 3 is 2.45 bits per heavy atom. The Morgan fingerprint density at radius 2 is 1.93 bits per heavy atom. The van der Waals surface area contributed by atoms with Gasteiger partial charge in [0.2, 0.25) is 0 Å². The molecule has 1 saturated heterocycles. The Labute approximate surface area is 175 Å². The molecule has 3 heterocycles. The molecule has 2 atom stereocenters. The van der Waals surface area contributed by atoms with Crippen molar-refractivity contribution in [3.8, 4) is 6.07 Å². The van der Waals surface area contributed by atoms with Gasteiger partial charge >= 0.3 is 6.09 Å². The predicted molar refractivity (Wildman–Crippen MR) is 112 cm³/mol. The minimum Gasteiger partial charge on any atom is -0.444 e. The number of nitrogens with zero attached hydrogens (tertiary/aromatic N) is 3. The molecule has 0 N–H and O–H groups in total. The van der Waals surface area contributed by atoms with Crippen molar-refractivity contribution in [2.75, 3.05) is 13.1 Å². The van der Waals surface area contributed by atoms with Gasteiger partial charge in [0.15, 0.2) is 0 Å². The Kier molecular flexibility index (Phi) is 6.95.